The number of carbonyl (C=O) groups is 1. The first-order valence-corrected chi connectivity index (χ1v) is 4.69. The summed E-state index contributed by atoms with van der Waals surface area (Å²) in [6.07, 6.45) is 3.17. The van der Waals surface area contributed by atoms with Crippen molar-refractivity contribution in [1.82, 2.24) is 4.90 Å². The van der Waals surface area contributed by atoms with E-state index < -0.39 is 0 Å². The summed E-state index contributed by atoms with van der Waals surface area (Å²) in [5.41, 5.74) is 1.92. The van der Waals surface area contributed by atoms with Gasteiger partial charge in [-0.25, -0.2) is 4.79 Å². The highest BCUT2D eigenvalue weighted by Crippen LogP contribution is 2.09. The molecule has 0 N–H and O–H groups in total. The van der Waals surface area contributed by atoms with Gasteiger partial charge in [0.25, 0.3) is 0 Å². The molecule has 1 rings (SSSR count). The molecule has 86 valence electrons. The molecule has 0 aliphatic carbocycles. The van der Waals surface area contributed by atoms with E-state index in [0.717, 1.165) is 30.8 Å². The smallest absolute Gasteiger partial charge is 0.318 e. The predicted octanol–water partition coefficient (Wildman–Crippen LogP) is 1.61. The summed E-state index contributed by atoms with van der Waals surface area (Å²) in [7, 11) is 2.06. The number of nitrogens with zero attached hydrogens (tertiary/aromatic N) is 2. The lowest BCUT2D eigenvalue weighted by Gasteiger charge is -2.22. The summed E-state index contributed by atoms with van der Waals surface area (Å²) in [6.45, 7) is 5.15. The van der Waals surface area contributed by atoms with Crippen molar-refractivity contribution in [2.24, 2.45) is 5.16 Å². The predicted molar refractivity (Wildman–Crippen MR) is 62.3 cm³/mol. The van der Waals surface area contributed by atoms with Crippen LogP contribution < -0.4 is 0 Å². The first kappa shape index (κ1) is 14.1. The second-order valence-electron chi connectivity index (χ2n) is 3.52. The molecule has 1 aliphatic rings. The van der Waals surface area contributed by atoms with E-state index in [-0.39, 0.29) is 18.4 Å². The highest BCUT2D eigenvalue weighted by Gasteiger charge is 2.11. The Kier molecular flexibility index (Phi) is 6.20. The number of carbonyl (C=O) groups excluding carboxylic acids is 1. The molecule has 0 radical (unpaired) electrons. The third kappa shape index (κ3) is 4.95. The van der Waals surface area contributed by atoms with Crippen molar-refractivity contribution in [1.29, 1.82) is 0 Å². The molecule has 1 heterocycles. The van der Waals surface area contributed by atoms with Gasteiger partial charge in [-0.15, -0.1) is 12.4 Å². The van der Waals surface area contributed by atoms with Crippen LogP contribution in [-0.4, -0.2) is 36.7 Å². The highest BCUT2D eigenvalue weighted by atomic mass is 35.5. The van der Waals surface area contributed by atoms with Crippen LogP contribution >= 0.6 is 12.4 Å². The van der Waals surface area contributed by atoms with Gasteiger partial charge in [-0.05, 0) is 26.0 Å². The van der Waals surface area contributed by atoms with Crippen LogP contribution in [0.5, 0.6) is 0 Å². The molecular weight excluding hydrogens is 216 g/mol. The quantitative estimate of drug-likeness (QED) is 0.413. The Labute approximate surface area is 96.4 Å². The minimum Gasteiger partial charge on any atom is -0.318 e. The lowest BCUT2D eigenvalue weighted by molar-refractivity contribution is -0.140. The maximum Gasteiger partial charge on any atom is 0.331 e. The second kappa shape index (κ2) is 6.58. The molecule has 15 heavy (non-hydrogen) atoms. The van der Waals surface area contributed by atoms with E-state index in [4.69, 9.17) is 0 Å². The summed E-state index contributed by atoms with van der Waals surface area (Å²) < 4.78 is 0. The molecular formula is C10H17ClN2O2. The zero-order valence-corrected chi connectivity index (χ0v) is 10.1. The summed E-state index contributed by atoms with van der Waals surface area (Å²) >= 11 is 0. The molecule has 0 aromatic carbocycles. The van der Waals surface area contributed by atoms with E-state index in [1.807, 2.05) is 6.92 Å². The molecule has 0 aromatic heterocycles. The number of oxime groups is 1. The third-order valence-electron chi connectivity index (χ3n) is 2.12. The van der Waals surface area contributed by atoms with Gasteiger partial charge in [-0.2, -0.15) is 0 Å². The molecule has 0 saturated heterocycles. The van der Waals surface area contributed by atoms with Gasteiger partial charge in [0.05, 0.1) is 5.71 Å². The van der Waals surface area contributed by atoms with Crippen molar-refractivity contribution in [3.05, 3.63) is 11.6 Å². The number of hydrogen-bond donors (Lipinski definition) is 0. The van der Waals surface area contributed by atoms with Gasteiger partial charge in [0.15, 0.2) is 0 Å². The fourth-order valence-corrected chi connectivity index (χ4v) is 1.35. The van der Waals surface area contributed by atoms with Gasteiger partial charge in [-0.1, -0.05) is 11.2 Å². The molecule has 0 amide bonds. The van der Waals surface area contributed by atoms with Crippen molar-refractivity contribution < 1.29 is 9.63 Å². The van der Waals surface area contributed by atoms with Crippen molar-refractivity contribution in [2.75, 3.05) is 20.1 Å². The Morgan fingerprint density at radius 1 is 1.53 bits per heavy atom. The molecule has 1 aliphatic heterocycles. The van der Waals surface area contributed by atoms with Crippen LogP contribution in [0.4, 0.5) is 0 Å². The van der Waals surface area contributed by atoms with Crippen LogP contribution in [0.1, 0.15) is 20.3 Å². The van der Waals surface area contributed by atoms with E-state index >= 15 is 0 Å². The number of likely N-dealkylation sites (N-methyl/N-ethyl adjacent to an activating group) is 1. The van der Waals surface area contributed by atoms with E-state index in [9.17, 15) is 4.79 Å². The Morgan fingerprint density at radius 2 is 2.20 bits per heavy atom. The molecule has 0 saturated carbocycles. The maximum absolute atomic E-state index is 10.5. The first-order chi connectivity index (χ1) is 6.59. The molecule has 5 heteroatoms. The van der Waals surface area contributed by atoms with Crippen LogP contribution in [0.25, 0.3) is 0 Å². The largest absolute Gasteiger partial charge is 0.331 e. The van der Waals surface area contributed by atoms with Crippen molar-refractivity contribution >= 4 is 24.1 Å². The highest BCUT2D eigenvalue weighted by molar-refractivity contribution is 5.98. The Balaban J connectivity index is 0.00000196. The average molecular weight is 233 g/mol. The lowest BCUT2D eigenvalue weighted by atomic mass is 10.1. The van der Waals surface area contributed by atoms with Crippen LogP contribution in [0.15, 0.2) is 16.8 Å². The molecule has 0 fully saturated rings. The van der Waals surface area contributed by atoms with Crippen molar-refractivity contribution in [2.45, 2.75) is 20.3 Å². The summed E-state index contributed by atoms with van der Waals surface area (Å²) in [4.78, 5) is 17.3. The number of rotatable bonds is 2. The minimum atomic E-state index is -0.380. The molecule has 0 bridgehead atoms. The van der Waals surface area contributed by atoms with Gasteiger partial charge in [0, 0.05) is 20.0 Å². The molecule has 4 nitrogen and oxygen atoms in total. The van der Waals surface area contributed by atoms with Gasteiger partial charge in [-0.3, -0.25) is 0 Å². The van der Waals surface area contributed by atoms with E-state index in [2.05, 4.69) is 28.0 Å². The average Bonchev–Trinajstić information content (AvgIpc) is 2.14. The Bertz CT molecular complexity index is 287. The van der Waals surface area contributed by atoms with Crippen molar-refractivity contribution in [3.63, 3.8) is 0 Å². The van der Waals surface area contributed by atoms with E-state index in [0.29, 0.717) is 0 Å². The second-order valence-corrected chi connectivity index (χ2v) is 3.52. The van der Waals surface area contributed by atoms with Crippen LogP contribution in [-0.2, 0) is 9.63 Å². The van der Waals surface area contributed by atoms with E-state index in [1.165, 1.54) is 6.92 Å². The molecule has 0 aromatic rings. The number of halogens is 1. The normalized spacial score (nSPS) is 17.8. The molecule has 0 unspecified atom stereocenters. The van der Waals surface area contributed by atoms with Crippen LogP contribution in [0.3, 0.4) is 0 Å². The topological polar surface area (TPSA) is 41.9 Å². The third-order valence-corrected chi connectivity index (χ3v) is 2.12. The van der Waals surface area contributed by atoms with Gasteiger partial charge in [0.1, 0.15) is 0 Å². The Morgan fingerprint density at radius 3 is 2.73 bits per heavy atom. The zero-order chi connectivity index (χ0) is 10.6. The summed E-state index contributed by atoms with van der Waals surface area (Å²) in [5.74, 6) is -0.380. The lowest BCUT2D eigenvalue weighted by Crippen LogP contribution is -2.28. The molecule has 0 spiro atoms. The van der Waals surface area contributed by atoms with Gasteiger partial charge in [0.2, 0.25) is 0 Å². The minimum absolute atomic E-state index is 0. The fourth-order valence-electron chi connectivity index (χ4n) is 1.35. The first-order valence-electron chi connectivity index (χ1n) is 4.69. The standard InChI is InChI=1S/C10H16N2O2.ClH/c1-8(11-14-9(2)13)10-5-4-6-12(3)7-10;/h5H,4,6-7H2,1-3H3;1H. The number of hydrogen-bond acceptors (Lipinski definition) is 4. The van der Waals surface area contributed by atoms with Crippen LogP contribution in [0.2, 0.25) is 0 Å². The Hall–Kier alpha value is -0.870. The maximum atomic E-state index is 10.5. The van der Waals surface area contributed by atoms with Gasteiger partial charge >= 0.3 is 5.97 Å². The van der Waals surface area contributed by atoms with E-state index in [1.54, 1.807) is 0 Å². The van der Waals surface area contributed by atoms with Crippen molar-refractivity contribution in [3.8, 4) is 0 Å². The summed E-state index contributed by atoms with van der Waals surface area (Å²) in [6, 6.07) is 0. The monoisotopic (exact) mass is 232 g/mol. The zero-order valence-electron chi connectivity index (χ0n) is 9.32. The summed E-state index contributed by atoms with van der Waals surface area (Å²) in [5, 5.41) is 3.75. The fraction of sp³-hybridized carbons (Fsp3) is 0.600. The molecule has 0 atom stereocenters. The van der Waals surface area contributed by atoms with Crippen LogP contribution in [0, 0.1) is 0 Å². The van der Waals surface area contributed by atoms with Gasteiger partial charge < -0.3 is 9.74 Å². The SMILES string of the molecule is CC(=O)ON=C(C)C1=CCCN(C)C1.Cl.